The third-order valence-electron chi connectivity index (χ3n) is 11.9. The minimum atomic E-state index is -0.998. The van der Waals surface area contributed by atoms with Crippen molar-refractivity contribution in [2.24, 2.45) is 0 Å². The summed E-state index contributed by atoms with van der Waals surface area (Å²) >= 11 is 1.84. The van der Waals surface area contributed by atoms with Crippen LogP contribution in [0, 0.1) is 0 Å². The van der Waals surface area contributed by atoms with Crippen molar-refractivity contribution in [3.8, 4) is 22.3 Å². The fourth-order valence-electron chi connectivity index (χ4n) is 9.08. The zero-order valence-corrected chi connectivity index (χ0v) is 36.4. The third-order valence-corrected chi connectivity index (χ3v) is 17.4. The van der Waals surface area contributed by atoms with E-state index < -0.39 is 5.92 Å². The molecule has 2 aliphatic rings. The van der Waals surface area contributed by atoms with Crippen molar-refractivity contribution in [1.82, 2.24) is 0 Å². The average molecular weight is 783 g/mol. The topological polar surface area (TPSA) is 0 Å². The van der Waals surface area contributed by atoms with E-state index in [2.05, 4.69) is 125 Å². The molecule has 0 fully saturated rings. The van der Waals surface area contributed by atoms with Crippen molar-refractivity contribution in [3.63, 3.8) is 0 Å². The average Bonchev–Trinajstić information content (AvgIpc) is 3.70. The Kier molecular flexibility index (Phi) is 14.8. The quantitative estimate of drug-likeness (QED) is 0.0619. The molecule has 0 aromatic heterocycles. The van der Waals surface area contributed by atoms with Crippen LogP contribution in [0.3, 0.4) is 0 Å². The molecule has 0 heterocycles. The Labute approximate surface area is 333 Å². The Balaban J connectivity index is 1.27. The van der Waals surface area contributed by atoms with Gasteiger partial charge in [0.15, 0.2) is 0 Å². The van der Waals surface area contributed by atoms with Gasteiger partial charge < -0.3 is 0 Å². The third kappa shape index (κ3) is 9.57. The van der Waals surface area contributed by atoms with E-state index in [1.807, 2.05) is 23.9 Å². The number of aryl methyl sites for hydroxylation is 2. The Morgan fingerprint density at radius 2 is 0.885 bits per heavy atom. The van der Waals surface area contributed by atoms with Crippen molar-refractivity contribution < 1.29 is 23.9 Å². The van der Waals surface area contributed by atoms with Gasteiger partial charge in [0.25, 0.3) is 0 Å². The fourth-order valence-corrected chi connectivity index (χ4v) is 15.0. The van der Waals surface area contributed by atoms with E-state index in [-0.39, 0.29) is 0 Å². The Morgan fingerprint density at radius 3 is 1.27 bits per heavy atom. The molecule has 0 bridgehead atoms. The maximum atomic E-state index is 2.65. The first-order chi connectivity index (χ1) is 25.5. The maximum absolute atomic E-state index is 2.65. The van der Waals surface area contributed by atoms with Gasteiger partial charge in [-0.05, 0) is 0 Å². The van der Waals surface area contributed by atoms with Crippen LogP contribution in [0.2, 0.25) is 12.1 Å². The van der Waals surface area contributed by atoms with Gasteiger partial charge in [-0.1, -0.05) is 13.8 Å². The normalized spacial score (nSPS) is 16.8. The van der Waals surface area contributed by atoms with Crippen molar-refractivity contribution in [2.45, 2.75) is 142 Å². The van der Waals surface area contributed by atoms with E-state index in [4.69, 9.17) is 0 Å². The molecule has 0 spiro atoms. The number of rotatable bonds is 20. The summed E-state index contributed by atoms with van der Waals surface area (Å²) < 4.78 is 0. The molecular weight excluding hydrogens is 720 g/mol. The van der Waals surface area contributed by atoms with Crippen LogP contribution >= 0.6 is 0 Å². The molecule has 0 nitrogen and oxygen atoms in total. The fraction of sp³-hybridized carbons (Fsp3) is 0.440. The minimum absolute atomic E-state index is 0.609. The van der Waals surface area contributed by atoms with Gasteiger partial charge >= 0.3 is 321 Å². The summed E-state index contributed by atoms with van der Waals surface area (Å²) in [5, 5.41) is 0. The molecule has 0 aliphatic heterocycles. The predicted octanol–water partition coefficient (Wildman–Crippen LogP) is 14.8. The Bertz CT molecular complexity index is 1660. The molecule has 0 saturated heterocycles. The molecule has 0 saturated carbocycles. The molecule has 0 N–H and O–H groups in total. The molecule has 0 radical (unpaired) electrons. The number of hydrogen-bond donors (Lipinski definition) is 0. The van der Waals surface area contributed by atoms with Gasteiger partial charge in [0, 0.05) is 0 Å². The summed E-state index contributed by atoms with van der Waals surface area (Å²) in [4.78, 5) is 0. The molecule has 0 amide bonds. The van der Waals surface area contributed by atoms with Gasteiger partial charge in [0.1, 0.15) is 0 Å². The molecule has 6 rings (SSSR count). The molecule has 2 heteroatoms. The van der Waals surface area contributed by atoms with E-state index in [9.17, 15) is 0 Å². The standard InChI is InChI=1S/C50H63Si.Zr/c1-5-9-11-13-19-41-33-47-43(39-29-25-37(17-7-3)26-30-39)21-15-23-45(47)49(41)35-51-36-50-42(20-14-12-10-6-2)34-48-44(22-16-24-46(48)50)40-31-27-38(18-8-4)28-32-40;/h15-16,21-34,49-51H,5-14,17-20,35-36H2,1-4H3;. The van der Waals surface area contributed by atoms with Crippen LogP contribution in [-0.2, 0) is 36.7 Å². The molecule has 2 unspecified atom stereocenters. The Hall–Kier alpha value is -2.54. The van der Waals surface area contributed by atoms with Crippen LogP contribution in [-0.4, -0.2) is 5.92 Å². The second kappa shape index (κ2) is 19.7. The zero-order chi connectivity index (χ0) is 36.3. The molecule has 4 aromatic carbocycles. The van der Waals surface area contributed by atoms with E-state index in [1.165, 1.54) is 134 Å². The number of unbranched alkanes of at least 4 members (excludes halogenated alkanes) is 6. The molecule has 2 aliphatic carbocycles. The summed E-state index contributed by atoms with van der Waals surface area (Å²) in [5.74, 6) is 0.220. The first kappa shape index (κ1) is 39.2. The summed E-state index contributed by atoms with van der Waals surface area (Å²) in [5.41, 5.74) is 18.3. The summed E-state index contributed by atoms with van der Waals surface area (Å²) in [6.45, 7) is 9.22. The molecule has 271 valence electrons. The van der Waals surface area contributed by atoms with Crippen LogP contribution < -0.4 is 0 Å². The van der Waals surface area contributed by atoms with Crippen molar-refractivity contribution >= 4 is 18.1 Å². The van der Waals surface area contributed by atoms with Gasteiger partial charge in [-0.2, -0.15) is 0 Å². The van der Waals surface area contributed by atoms with Crippen LogP contribution in [0.4, 0.5) is 0 Å². The van der Waals surface area contributed by atoms with E-state index >= 15 is 0 Å². The van der Waals surface area contributed by atoms with Crippen molar-refractivity contribution in [1.29, 1.82) is 0 Å². The van der Waals surface area contributed by atoms with Crippen molar-refractivity contribution in [2.75, 3.05) is 0 Å². The molecular formula is C50H63SiZr. The zero-order valence-electron chi connectivity index (χ0n) is 32.8. The first-order valence-electron chi connectivity index (χ1n) is 21.1. The number of hydrogen-bond acceptors (Lipinski definition) is 0. The summed E-state index contributed by atoms with van der Waals surface area (Å²) in [6, 6.07) is 36.2. The molecule has 4 aromatic rings. The van der Waals surface area contributed by atoms with Gasteiger partial charge in [0.05, 0.1) is 0 Å². The van der Waals surface area contributed by atoms with Gasteiger partial charge in [-0.3, -0.25) is 0 Å². The Morgan fingerprint density at radius 1 is 0.462 bits per heavy atom. The monoisotopic (exact) mass is 781 g/mol. The van der Waals surface area contributed by atoms with Crippen LogP contribution in [0.15, 0.2) is 96.1 Å². The molecule has 52 heavy (non-hydrogen) atoms. The SMILES string of the molecule is CCCCCCC1=Cc2c(-c3ccc(CCC)cc3)cccc2C1C[SiH]([Zr])CC1C(CCCCCC)=Cc2c(-c3ccc(CCC)cc3)cccc21. The second-order valence-electron chi connectivity index (χ2n) is 15.8. The number of fused-ring (bicyclic) bond motifs is 2. The summed E-state index contributed by atoms with van der Waals surface area (Å²) in [6.07, 6.45) is 23.3. The van der Waals surface area contributed by atoms with Gasteiger partial charge in [-0.25, -0.2) is 0 Å². The van der Waals surface area contributed by atoms with Crippen molar-refractivity contribution in [3.05, 3.63) is 129 Å². The first-order valence-corrected chi connectivity index (χ1v) is 27.6. The molecule has 2 atom stereocenters. The predicted molar refractivity (Wildman–Crippen MR) is 227 cm³/mol. The van der Waals surface area contributed by atoms with Crippen LogP contribution in [0.5, 0.6) is 0 Å². The van der Waals surface area contributed by atoms with E-state index in [0.29, 0.717) is 11.8 Å². The second-order valence-corrected chi connectivity index (χ2v) is 24.2. The van der Waals surface area contributed by atoms with Gasteiger partial charge in [0.2, 0.25) is 0 Å². The number of benzene rings is 4. The number of allylic oxidation sites excluding steroid dienone is 2. The van der Waals surface area contributed by atoms with Crippen LogP contribution in [0.1, 0.15) is 150 Å². The van der Waals surface area contributed by atoms with Gasteiger partial charge in [-0.15, -0.1) is 0 Å². The summed E-state index contributed by atoms with van der Waals surface area (Å²) in [7, 11) is 0. The van der Waals surface area contributed by atoms with Crippen LogP contribution in [0.25, 0.3) is 34.4 Å². The van der Waals surface area contributed by atoms with E-state index in [0.717, 1.165) is 12.8 Å². The van der Waals surface area contributed by atoms with E-state index in [1.54, 1.807) is 22.3 Å².